The fraction of sp³-hybridized carbons (Fsp3) is 0.235. The van der Waals surface area contributed by atoms with Crippen molar-refractivity contribution in [1.82, 2.24) is 4.72 Å². The predicted molar refractivity (Wildman–Crippen MR) is 99.6 cm³/mol. The second-order valence-corrected chi connectivity index (χ2v) is 7.44. The van der Waals surface area contributed by atoms with Crippen molar-refractivity contribution in [2.24, 2.45) is 0 Å². The van der Waals surface area contributed by atoms with E-state index >= 15 is 0 Å². The van der Waals surface area contributed by atoms with Gasteiger partial charge in [0.2, 0.25) is 15.9 Å². The number of ether oxygens (including phenoxy) is 2. The van der Waals surface area contributed by atoms with Crippen LogP contribution in [0.1, 0.15) is 5.56 Å². The molecule has 0 unspecified atom stereocenters. The van der Waals surface area contributed by atoms with Crippen LogP contribution in [0.5, 0.6) is 11.5 Å². The summed E-state index contributed by atoms with van der Waals surface area (Å²) in [7, 11) is -1.14. The Morgan fingerprint density at radius 3 is 2.54 bits per heavy atom. The lowest BCUT2D eigenvalue weighted by atomic mass is 10.2. The fourth-order valence-corrected chi connectivity index (χ4v) is 3.48. The zero-order valence-corrected chi connectivity index (χ0v) is 16.1. The number of anilines is 1. The van der Waals surface area contributed by atoms with Crippen molar-refractivity contribution in [3.8, 4) is 11.5 Å². The molecule has 0 aliphatic carbocycles. The van der Waals surface area contributed by atoms with E-state index in [9.17, 15) is 13.2 Å². The molecule has 0 heterocycles. The molecule has 140 valence electrons. The molecule has 0 bridgehead atoms. The van der Waals surface area contributed by atoms with Crippen LogP contribution >= 0.6 is 11.6 Å². The van der Waals surface area contributed by atoms with Crippen LogP contribution in [0.3, 0.4) is 0 Å². The van der Waals surface area contributed by atoms with Gasteiger partial charge in [0.05, 0.1) is 20.8 Å². The monoisotopic (exact) mass is 398 g/mol. The minimum absolute atomic E-state index is 0.0902. The van der Waals surface area contributed by atoms with E-state index in [1.54, 1.807) is 25.1 Å². The lowest BCUT2D eigenvalue weighted by molar-refractivity contribution is -0.115. The first-order valence-electron chi connectivity index (χ1n) is 7.55. The highest BCUT2D eigenvalue weighted by Gasteiger charge is 2.21. The van der Waals surface area contributed by atoms with Crippen LogP contribution in [0.15, 0.2) is 41.3 Å². The van der Waals surface area contributed by atoms with Crippen LogP contribution in [0.4, 0.5) is 5.69 Å². The normalized spacial score (nSPS) is 11.1. The zero-order chi connectivity index (χ0) is 19.3. The molecule has 7 nitrogen and oxygen atoms in total. The summed E-state index contributed by atoms with van der Waals surface area (Å²) in [6.45, 7) is 1.31. The number of nitrogens with one attached hydrogen (secondary N) is 2. The summed E-state index contributed by atoms with van der Waals surface area (Å²) in [5.41, 5.74) is 1.21. The fourth-order valence-electron chi connectivity index (χ4n) is 2.17. The van der Waals surface area contributed by atoms with E-state index in [1.165, 1.54) is 32.4 Å². The van der Waals surface area contributed by atoms with Crippen molar-refractivity contribution in [2.45, 2.75) is 11.8 Å². The SMILES string of the molecule is COc1ccc(S(=O)(=O)NCC(=O)Nc2cccc(Cl)c2C)c(OC)c1. The van der Waals surface area contributed by atoms with Crippen molar-refractivity contribution in [3.63, 3.8) is 0 Å². The number of carbonyl (C=O) groups excluding carboxylic acids is 1. The summed E-state index contributed by atoms with van der Waals surface area (Å²) in [6.07, 6.45) is 0. The second kappa shape index (κ2) is 8.39. The van der Waals surface area contributed by atoms with E-state index in [0.29, 0.717) is 22.0 Å². The Labute approximate surface area is 157 Å². The van der Waals surface area contributed by atoms with Crippen LogP contribution in [-0.4, -0.2) is 35.1 Å². The van der Waals surface area contributed by atoms with Gasteiger partial charge >= 0.3 is 0 Å². The molecular formula is C17H19ClN2O5S. The van der Waals surface area contributed by atoms with Gasteiger partial charge in [-0.3, -0.25) is 4.79 Å². The molecule has 0 aliphatic heterocycles. The molecule has 0 radical (unpaired) electrons. The van der Waals surface area contributed by atoms with E-state index in [-0.39, 0.29) is 10.6 Å². The highest BCUT2D eigenvalue weighted by molar-refractivity contribution is 7.89. The predicted octanol–water partition coefficient (Wildman–Crippen LogP) is 2.58. The number of benzene rings is 2. The van der Waals surface area contributed by atoms with Gasteiger partial charge in [-0.05, 0) is 36.8 Å². The van der Waals surface area contributed by atoms with Gasteiger partial charge < -0.3 is 14.8 Å². The van der Waals surface area contributed by atoms with E-state index in [1.807, 2.05) is 0 Å². The standard InChI is InChI=1S/C17H19ClN2O5S/c1-11-13(18)5-4-6-14(11)20-17(21)10-19-26(22,23)16-8-7-12(24-2)9-15(16)25-3/h4-9,19H,10H2,1-3H3,(H,20,21). The molecule has 1 amide bonds. The van der Waals surface area contributed by atoms with Gasteiger partial charge in [-0.15, -0.1) is 0 Å². The molecule has 26 heavy (non-hydrogen) atoms. The minimum atomic E-state index is -3.95. The van der Waals surface area contributed by atoms with Crippen LogP contribution in [0, 0.1) is 6.92 Å². The first-order chi connectivity index (χ1) is 12.3. The molecule has 0 saturated heterocycles. The molecule has 0 saturated carbocycles. The maximum Gasteiger partial charge on any atom is 0.244 e. The zero-order valence-electron chi connectivity index (χ0n) is 14.5. The third kappa shape index (κ3) is 4.66. The second-order valence-electron chi connectivity index (χ2n) is 5.30. The molecule has 0 aromatic heterocycles. The average molecular weight is 399 g/mol. The van der Waals surface area contributed by atoms with Crippen molar-refractivity contribution < 1.29 is 22.7 Å². The number of halogens is 1. The Morgan fingerprint density at radius 1 is 1.15 bits per heavy atom. The van der Waals surface area contributed by atoms with Crippen LogP contribution in [-0.2, 0) is 14.8 Å². The summed E-state index contributed by atoms with van der Waals surface area (Å²) in [4.78, 5) is 12.0. The molecule has 0 aliphatic rings. The Bertz CT molecular complexity index is 915. The Morgan fingerprint density at radius 2 is 1.88 bits per heavy atom. The Balaban J connectivity index is 2.10. The lowest BCUT2D eigenvalue weighted by Gasteiger charge is -2.13. The number of methoxy groups -OCH3 is 2. The number of carbonyl (C=O) groups is 1. The average Bonchev–Trinajstić information content (AvgIpc) is 2.63. The van der Waals surface area contributed by atoms with E-state index in [0.717, 1.165) is 0 Å². The number of sulfonamides is 1. The topological polar surface area (TPSA) is 93.7 Å². The minimum Gasteiger partial charge on any atom is -0.497 e. The molecule has 0 spiro atoms. The van der Waals surface area contributed by atoms with Gasteiger partial charge in [-0.2, -0.15) is 0 Å². The van der Waals surface area contributed by atoms with Gasteiger partial charge in [0.15, 0.2) is 0 Å². The number of rotatable bonds is 7. The van der Waals surface area contributed by atoms with E-state index in [2.05, 4.69) is 10.0 Å². The smallest absolute Gasteiger partial charge is 0.244 e. The highest BCUT2D eigenvalue weighted by Crippen LogP contribution is 2.28. The summed E-state index contributed by atoms with van der Waals surface area (Å²) < 4.78 is 37.3. The van der Waals surface area contributed by atoms with Crippen molar-refractivity contribution >= 4 is 33.2 Å². The maximum atomic E-state index is 12.5. The Hall–Kier alpha value is -2.29. The third-order valence-corrected chi connectivity index (χ3v) is 5.47. The molecule has 2 aromatic rings. The molecular weight excluding hydrogens is 380 g/mol. The van der Waals surface area contributed by atoms with E-state index in [4.69, 9.17) is 21.1 Å². The summed E-state index contributed by atoms with van der Waals surface area (Å²) in [6, 6.07) is 9.36. The van der Waals surface area contributed by atoms with Crippen molar-refractivity contribution in [1.29, 1.82) is 0 Å². The number of amides is 1. The molecule has 9 heteroatoms. The van der Waals surface area contributed by atoms with Crippen LogP contribution < -0.4 is 19.5 Å². The largest absolute Gasteiger partial charge is 0.497 e. The molecule has 2 N–H and O–H groups in total. The first-order valence-corrected chi connectivity index (χ1v) is 9.41. The summed E-state index contributed by atoms with van der Waals surface area (Å²) >= 11 is 6.00. The van der Waals surface area contributed by atoms with Crippen molar-refractivity contribution in [3.05, 3.63) is 47.0 Å². The van der Waals surface area contributed by atoms with Crippen LogP contribution in [0.2, 0.25) is 5.02 Å². The molecule has 2 aromatic carbocycles. The number of hydrogen-bond acceptors (Lipinski definition) is 5. The highest BCUT2D eigenvalue weighted by atomic mass is 35.5. The van der Waals surface area contributed by atoms with Gasteiger partial charge in [0.1, 0.15) is 16.4 Å². The van der Waals surface area contributed by atoms with Gasteiger partial charge in [-0.25, -0.2) is 13.1 Å². The lowest BCUT2D eigenvalue weighted by Crippen LogP contribution is -2.33. The van der Waals surface area contributed by atoms with Gasteiger partial charge in [0, 0.05) is 16.8 Å². The molecule has 0 fully saturated rings. The quantitative estimate of drug-likeness (QED) is 0.747. The summed E-state index contributed by atoms with van der Waals surface area (Å²) in [5, 5.41) is 3.13. The maximum absolute atomic E-state index is 12.5. The van der Waals surface area contributed by atoms with Gasteiger partial charge in [-0.1, -0.05) is 17.7 Å². The number of hydrogen-bond donors (Lipinski definition) is 2. The molecule has 2 rings (SSSR count). The first kappa shape index (κ1) is 20.0. The van der Waals surface area contributed by atoms with E-state index < -0.39 is 22.5 Å². The van der Waals surface area contributed by atoms with Crippen molar-refractivity contribution in [2.75, 3.05) is 26.1 Å². The third-order valence-electron chi connectivity index (χ3n) is 3.62. The van der Waals surface area contributed by atoms with Gasteiger partial charge in [0.25, 0.3) is 0 Å². The molecule has 0 atom stereocenters. The summed E-state index contributed by atoms with van der Waals surface area (Å²) in [5.74, 6) is 0.0457. The Kier molecular flexibility index (Phi) is 6.47. The van der Waals surface area contributed by atoms with Crippen LogP contribution in [0.25, 0.3) is 0 Å².